The van der Waals surface area contributed by atoms with Gasteiger partial charge in [-0.3, -0.25) is 4.79 Å². The van der Waals surface area contributed by atoms with Crippen LogP contribution in [0.1, 0.15) is 28.7 Å². The maximum Gasteiger partial charge on any atom is 0.310 e. The van der Waals surface area contributed by atoms with Crippen LogP contribution >= 0.6 is 0 Å². The molecular formula is C22H22O8. The molecule has 2 heterocycles. The summed E-state index contributed by atoms with van der Waals surface area (Å²) in [6, 6.07) is 7.31. The maximum atomic E-state index is 12.7. The molecule has 1 aliphatic carbocycles. The molecule has 0 saturated carbocycles. The molecule has 1 N–H and O–H groups in total. The Morgan fingerprint density at radius 3 is 2.13 bits per heavy atom. The average Bonchev–Trinajstić information content (AvgIpc) is 3.38. The molecule has 2 aliphatic heterocycles. The second-order valence-corrected chi connectivity index (χ2v) is 7.54. The minimum absolute atomic E-state index is 0.123. The molecule has 8 nitrogen and oxygen atoms in total. The van der Waals surface area contributed by atoms with Crippen molar-refractivity contribution in [3.8, 4) is 28.7 Å². The summed E-state index contributed by atoms with van der Waals surface area (Å²) in [7, 11) is 4.63. The van der Waals surface area contributed by atoms with E-state index in [0.717, 1.165) is 11.1 Å². The number of carbonyl (C=O) groups excluding carboxylic acids is 1. The van der Waals surface area contributed by atoms with Gasteiger partial charge >= 0.3 is 5.97 Å². The molecule has 0 radical (unpaired) electrons. The van der Waals surface area contributed by atoms with Gasteiger partial charge in [0.15, 0.2) is 23.0 Å². The van der Waals surface area contributed by atoms with E-state index in [2.05, 4.69) is 0 Å². The average molecular weight is 414 g/mol. The van der Waals surface area contributed by atoms with Crippen molar-refractivity contribution >= 4 is 5.97 Å². The number of hydrogen-bond acceptors (Lipinski definition) is 8. The van der Waals surface area contributed by atoms with Gasteiger partial charge in [-0.05, 0) is 41.0 Å². The van der Waals surface area contributed by atoms with Crippen molar-refractivity contribution in [3.05, 3.63) is 41.0 Å². The Morgan fingerprint density at radius 1 is 0.900 bits per heavy atom. The van der Waals surface area contributed by atoms with E-state index in [0.29, 0.717) is 34.3 Å². The fourth-order valence-corrected chi connectivity index (χ4v) is 4.81. The first-order valence-electron chi connectivity index (χ1n) is 9.65. The number of aliphatic hydroxyl groups is 1. The lowest BCUT2D eigenvalue weighted by Crippen LogP contribution is -2.34. The van der Waals surface area contributed by atoms with E-state index in [1.807, 2.05) is 18.2 Å². The van der Waals surface area contributed by atoms with Crippen molar-refractivity contribution < 1.29 is 38.3 Å². The Balaban J connectivity index is 1.74. The molecule has 5 rings (SSSR count). The maximum absolute atomic E-state index is 12.7. The van der Waals surface area contributed by atoms with Gasteiger partial charge in [-0.15, -0.1) is 0 Å². The first-order valence-corrected chi connectivity index (χ1v) is 9.65. The molecule has 0 bridgehead atoms. The molecule has 30 heavy (non-hydrogen) atoms. The summed E-state index contributed by atoms with van der Waals surface area (Å²) in [5.41, 5.74) is 2.30. The number of carbonyl (C=O) groups is 1. The highest BCUT2D eigenvalue weighted by Crippen LogP contribution is 2.55. The van der Waals surface area contributed by atoms with Crippen molar-refractivity contribution in [2.45, 2.75) is 12.0 Å². The van der Waals surface area contributed by atoms with Crippen molar-refractivity contribution in [2.75, 3.05) is 34.7 Å². The predicted octanol–water partition coefficient (Wildman–Crippen LogP) is 2.41. The zero-order valence-corrected chi connectivity index (χ0v) is 16.8. The van der Waals surface area contributed by atoms with E-state index in [9.17, 15) is 9.90 Å². The Labute approximate surface area is 173 Å². The molecule has 2 aromatic rings. The highest BCUT2D eigenvalue weighted by atomic mass is 16.7. The molecule has 1 fully saturated rings. The van der Waals surface area contributed by atoms with Crippen LogP contribution in [0.4, 0.5) is 0 Å². The van der Waals surface area contributed by atoms with Gasteiger partial charge < -0.3 is 33.5 Å². The van der Waals surface area contributed by atoms with E-state index in [1.54, 1.807) is 20.3 Å². The van der Waals surface area contributed by atoms with E-state index < -0.39 is 12.0 Å². The zero-order chi connectivity index (χ0) is 21.0. The van der Waals surface area contributed by atoms with Gasteiger partial charge in [-0.25, -0.2) is 0 Å². The smallest absolute Gasteiger partial charge is 0.310 e. The normalized spacial score (nSPS) is 25.9. The Bertz CT molecular complexity index is 991. The molecule has 158 valence electrons. The van der Waals surface area contributed by atoms with Crippen molar-refractivity contribution in [1.82, 2.24) is 0 Å². The number of rotatable bonds is 4. The molecule has 0 spiro atoms. The van der Waals surface area contributed by atoms with Crippen LogP contribution in [0.3, 0.4) is 0 Å². The molecule has 0 amide bonds. The summed E-state index contributed by atoms with van der Waals surface area (Å²) < 4.78 is 32.9. The van der Waals surface area contributed by atoms with E-state index in [1.165, 1.54) is 7.11 Å². The summed E-state index contributed by atoms with van der Waals surface area (Å²) in [6.07, 6.45) is -0.843. The third kappa shape index (κ3) is 2.60. The second-order valence-electron chi connectivity index (χ2n) is 7.54. The molecule has 4 atom stereocenters. The van der Waals surface area contributed by atoms with Gasteiger partial charge in [0.1, 0.15) is 0 Å². The summed E-state index contributed by atoms with van der Waals surface area (Å²) in [5, 5.41) is 11.0. The van der Waals surface area contributed by atoms with Crippen LogP contribution in [0.5, 0.6) is 28.7 Å². The third-order valence-electron chi connectivity index (χ3n) is 6.19. The SMILES string of the molecule is COc1cc(C2c3cc4c(cc3[C@H](O)C3COC(=O)C23)OCO4)cc(OC)c1OC. The number of fused-ring (bicyclic) bond motifs is 3. The standard InChI is InChI=1S/C22H22O8/c1-25-16-4-10(5-17(26-2)21(16)27-3)18-11-6-14-15(30-9-29-14)7-12(11)20(23)13-8-28-22(24)19(13)18/h4-7,13,18-20,23H,8-9H2,1-3H3/t13?,18?,19?,20-/m0/s1. The van der Waals surface area contributed by atoms with Crippen LogP contribution in [0.25, 0.3) is 0 Å². The minimum atomic E-state index is -0.843. The minimum Gasteiger partial charge on any atom is -0.493 e. The summed E-state index contributed by atoms with van der Waals surface area (Å²) in [4.78, 5) is 12.7. The van der Waals surface area contributed by atoms with Crippen molar-refractivity contribution in [2.24, 2.45) is 11.8 Å². The molecule has 2 aromatic carbocycles. The zero-order valence-electron chi connectivity index (χ0n) is 16.8. The van der Waals surface area contributed by atoms with Gasteiger partial charge in [0, 0.05) is 11.8 Å². The third-order valence-corrected chi connectivity index (χ3v) is 6.19. The van der Waals surface area contributed by atoms with Gasteiger partial charge in [-0.1, -0.05) is 0 Å². The van der Waals surface area contributed by atoms with Gasteiger partial charge in [-0.2, -0.15) is 0 Å². The molecule has 3 unspecified atom stereocenters. The monoisotopic (exact) mass is 414 g/mol. The van der Waals surface area contributed by atoms with Crippen LogP contribution in [-0.4, -0.2) is 45.8 Å². The van der Waals surface area contributed by atoms with Crippen LogP contribution in [0.15, 0.2) is 24.3 Å². The Kier molecular flexibility index (Phi) is 4.39. The fraction of sp³-hybridized carbons (Fsp3) is 0.409. The molecule has 1 saturated heterocycles. The lowest BCUT2D eigenvalue weighted by Gasteiger charge is -2.37. The summed E-state index contributed by atoms with van der Waals surface area (Å²) in [6.45, 7) is 0.289. The Morgan fingerprint density at radius 2 is 1.53 bits per heavy atom. The van der Waals surface area contributed by atoms with Gasteiger partial charge in [0.05, 0.1) is 40.0 Å². The molecular weight excluding hydrogens is 392 g/mol. The number of cyclic esters (lactones) is 1. The lowest BCUT2D eigenvalue weighted by molar-refractivity contribution is -0.141. The topological polar surface area (TPSA) is 92.7 Å². The second kappa shape index (κ2) is 6.98. The molecule has 3 aliphatic rings. The number of aliphatic hydroxyl groups excluding tert-OH is 1. The first-order chi connectivity index (χ1) is 14.6. The number of benzene rings is 2. The number of esters is 1. The van der Waals surface area contributed by atoms with E-state index in [4.69, 9.17) is 28.4 Å². The molecule has 0 aromatic heterocycles. The Hall–Kier alpha value is -3.13. The summed E-state index contributed by atoms with van der Waals surface area (Å²) >= 11 is 0. The number of methoxy groups -OCH3 is 3. The molecule has 8 heteroatoms. The first kappa shape index (κ1) is 18.9. The van der Waals surface area contributed by atoms with Crippen molar-refractivity contribution in [1.29, 1.82) is 0 Å². The fourth-order valence-electron chi connectivity index (χ4n) is 4.81. The number of ether oxygens (including phenoxy) is 6. The highest BCUT2D eigenvalue weighted by Gasteiger charge is 2.52. The van der Waals surface area contributed by atoms with E-state index >= 15 is 0 Å². The van der Waals surface area contributed by atoms with Crippen LogP contribution in [-0.2, 0) is 9.53 Å². The number of hydrogen-bond donors (Lipinski definition) is 1. The van der Waals surface area contributed by atoms with Gasteiger partial charge in [0.2, 0.25) is 12.5 Å². The predicted molar refractivity (Wildman–Crippen MR) is 103 cm³/mol. The largest absolute Gasteiger partial charge is 0.493 e. The highest BCUT2D eigenvalue weighted by molar-refractivity contribution is 5.79. The van der Waals surface area contributed by atoms with Crippen LogP contribution < -0.4 is 23.7 Å². The van der Waals surface area contributed by atoms with Crippen LogP contribution in [0.2, 0.25) is 0 Å². The van der Waals surface area contributed by atoms with Gasteiger partial charge in [0.25, 0.3) is 0 Å². The van der Waals surface area contributed by atoms with Crippen LogP contribution in [0, 0.1) is 11.8 Å². The quantitative estimate of drug-likeness (QED) is 0.763. The summed E-state index contributed by atoms with van der Waals surface area (Å²) in [5.74, 6) is 0.989. The van der Waals surface area contributed by atoms with Crippen molar-refractivity contribution in [3.63, 3.8) is 0 Å². The lowest BCUT2D eigenvalue weighted by atomic mass is 9.66. The van der Waals surface area contributed by atoms with E-state index in [-0.39, 0.29) is 31.2 Å².